The van der Waals surface area contributed by atoms with Crippen molar-refractivity contribution in [3.8, 4) is 0 Å². The number of hydrogen-bond acceptors (Lipinski definition) is 2. The standard InChI is InChI=1S/C4H3BrO2/c5-4-2-1-3-6-7-4/h1-3H. The Morgan fingerprint density at radius 1 is 1.57 bits per heavy atom. The lowest BCUT2D eigenvalue weighted by molar-refractivity contribution is -0.202. The van der Waals surface area contributed by atoms with Gasteiger partial charge in [0, 0.05) is 0 Å². The Kier molecular flexibility index (Phi) is 1.36. The van der Waals surface area contributed by atoms with Crippen molar-refractivity contribution in [3.05, 3.63) is 23.1 Å². The third-order valence-electron chi connectivity index (χ3n) is 0.489. The van der Waals surface area contributed by atoms with Crippen molar-refractivity contribution in [2.45, 2.75) is 0 Å². The van der Waals surface area contributed by atoms with Gasteiger partial charge in [-0.15, -0.1) is 0 Å². The van der Waals surface area contributed by atoms with Gasteiger partial charge in [-0.2, -0.15) is 0 Å². The summed E-state index contributed by atoms with van der Waals surface area (Å²) in [7, 11) is 0. The van der Waals surface area contributed by atoms with Crippen LogP contribution in [0, 0.1) is 0 Å². The van der Waals surface area contributed by atoms with Crippen LogP contribution in [0.15, 0.2) is 23.1 Å². The molecule has 0 N–H and O–H groups in total. The molecule has 0 bridgehead atoms. The summed E-state index contributed by atoms with van der Waals surface area (Å²) in [5.74, 6) is 0. The summed E-state index contributed by atoms with van der Waals surface area (Å²) >= 11 is 3.05. The third-order valence-corrected chi connectivity index (χ3v) is 0.886. The summed E-state index contributed by atoms with van der Waals surface area (Å²) in [4.78, 5) is 8.85. The molecule has 0 aromatic rings. The number of hydrogen-bond donors (Lipinski definition) is 0. The fourth-order valence-electron chi connectivity index (χ4n) is 0.249. The topological polar surface area (TPSA) is 18.5 Å². The van der Waals surface area contributed by atoms with Crippen molar-refractivity contribution in [2.75, 3.05) is 0 Å². The lowest BCUT2D eigenvalue weighted by Gasteiger charge is -2.00. The molecule has 0 spiro atoms. The molecule has 1 aliphatic rings. The van der Waals surface area contributed by atoms with E-state index in [9.17, 15) is 0 Å². The molecule has 0 aromatic carbocycles. The van der Waals surface area contributed by atoms with Crippen LogP contribution in [0.4, 0.5) is 0 Å². The molecule has 0 saturated carbocycles. The van der Waals surface area contributed by atoms with Gasteiger partial charge in [-0.1, -0.05) is 0 Å². The highest BCUT2D eigenvalue weighted by molar-refractivity contribution is 9.11. The maximum Gasteiger partial charge on any atom is 0.220 e. The minimum absolute atomic E-state index is 0.593. The van der Waals surface area contributed by atoms with Gasteiger partial charge >= 0.3 is 0 Å². The van der Waals surface area contributed by atoms with Crippen molar-refractivity contribution < 1.29 is 9.78 Å². The molecule has 1 heterocycles. The van der Waals surface area contributed by atoms with Crippen LogP contribution in [-0.2, 0) is 9.78 Å². The van der Waals surface area contributed by atoms with Crippen molar-refractivity contribution >= 4 is 15.9 Å². The van der Waals surface area contributed by atoms with Gasteiger partial charge in [0.1, 0.15) is 6.26 Å². The largest absolute Gasteiger partial charge is 0.297 e. The van der Waals surface area contributed by atoms with E-state index >= 15 is 0 Å². The summed E-state index contributed by atoms with van der Waals surface area (Å²) in [5.41, 5.74) is 0. The van der Waals surface area contributed by atoms with E-state index in [1.165, 1.54) is 6.26 Å². The van der Waals surface area contributed by atoms with E-state index in [-0.39, 0.29) is 0 Å². The number of rotatable bonds is 0. The third kappa shape index (κ3) is 1.23. The van der Waals surface area contributed by atoms with Crippen LogP contribution in [0.25, 0.3) is 0 Å². The van der Waals surface area contributed by atoms with Crippen molar-refractivity contribution in [2.24, 2.45) is 0 Å². The van der Waals surface area contributed by atoms with Crippen LogP contribution in [0.5, 0.6) is 0 Å². The van der Waals surface area contributed by atoms with E-state index < -0.39 is 0 Å². The van der Waals surface area contributed by atoms with E-state index in [1.54, 1.807) is 12.2 Å². The first-order valence-corrected chi connectivity index (χ1v) is 2.54. The van der Waals surface area contributed by atoms with Crippen molar-refractivity contribution in [3.63, 3.8) is 0 Å². The van der Waals surface area contributed by atoms with Gasteiger partial charge in [0.15, 0.2) is 0 Å². The summed E-state index contributed by atoms with van der Waals surface area (Å²) in [6.07, 6.45) is 4.92. The van der Waals surface area contributed by atoms with Gasteiger partial charge in [0.2, 0.25) is 4.67 Å². The Bertz CT molecular complexity index is 117. The predicted molar refractivity (Wildman–Crippen MR) is 28.3 cm³/mol. The molecular formula is C4H3BrO2. The fourth-order valence-corrected chi connectivity index (χ4v) is 0.477. The van der Waals surface area contributed by atoms with Crippen LogP contribution in [0.2, 0.25) is 0 Å². The van der Waals surface area contributed by atoms with E-state index in [4.69, 9.17) is 0 Å². The molecular weight excluding hydrogens is 160 g/mol. The zero-order valence-corrected chi connectivity index (χ0v) is 5.01. The first-order chi connectivity index (χ1) is 3.39. The fraction of sp³-hybridized carbons (Fsp3) is 0. The molecule has 0 saturated heterocycles. The normalized spacial score (nSPS) is 17.0. The van der Waals surface area contributed by atoms with Crippen LogP contribution in [-0.4, -0.2) is 0 Å². The maximum atomic E-state index is 4.47. The van der Waals surface area contributed by atoms with Crippen LogP contribution in [0.1, 0.15) is 0 Å². The summed E-state index contributed by atoms with van der Waals surface area (Å²) in [5, 5.41) is 0. The quantitative estimate of drug-likeness (QED) is 0.506. The summed E-state index contributed by atoms with van der Waals surface area (Å²) in [6, 6.07) is 0. The maximum absolute atomic E-state index is 4.47. The number of allylic oxidation sites excluding steroid dienone is 2. The lowest BCUT2D eigenvalue weighted by atomic mass is 10.6. The summed E-state index contributed by atoms with van der Waals surface area (Å²) < 4.78 is 0.593. The van der Waals surface area contributed by atoms with Gasteiger partial charge in [-0.25, -0.2) is 0 Å². The van der Waals surface area contributed by atoms with E-state index in [1.807, 2.05) is 0 Å². The molecule has 0 fully saturated rings. The first kappa shape index (κ1) is 4.71. The van der Waals surface area contributed by atoms with Crippen LogP contribution >= 0.6 is 15.9 Å². The minimum Gasteiger partial charge on any atom is -0.297 e. The molecule has 0 amide bonds. The molecule has 7 heavy (non-hydrogen) atoms. The van der Waals surface area contributed by atoms with E-state index in [0.717, 1.165) is 0 Å². The first-order valence-electron chi connectivity index (χ1n) is 1.75. The molecule has 2 nitrogen and oxygen atoms in total. The monoisotopic (exact) mass is 162 g/mol. The van der Waals surface area contributed by atoms with Gasteiger partial charge < -0.3 is 0 Å². The molecule has 3 heteroatoms. The molecule has 38 valence electrons. The van der Waals surface area contributed by atoms with Crippen molar-refractivity contribution in [1.29, 1.82) is 0 Å². The summed E-state index contributed by atoms with van der Waals surface area (Å²) in [6.45, 7) is 0. The smallest absolute Gasteiger partial charge is 0.220 e. The van der Waals surface area contributed by atoms with E-state index in [2.05, 4.69) is 25.7 Å². The average molecular weight is 163 g/mol. The second kappa shape index (κ2) is 2.02. The van der Waals surface area contributed by atoms with Gasteiger partial charge in [-0.3, -0.25) is 9.78 Å². The molecule has 0 aromatic heterocycles. The highest BCUT2D eigenvalue weighted by Gasteiger charge is 1.91. The highest BCUT2D eigenvalue weighted by Crippen LogP contribution is 2.10. The second-order valence-corrected chi connectivity index (χ2v) is 1.76. The zero-order chi connectivity index (χ0) is 5.11. The highest BCUT2D eigenvalue weighted by atomic mass is 79.9. The molecule has 0 radical (unpaired) electrons. The minimum atomic E-state index is 0.593. The van der Waals surface area contributed by atoms with Gasteiger partial charge in [0.25, 0.3) is 0 Å². The Hall–Kier alpha value is -0.440. The van der Waals surface area contributed by atoms with Crippen LogP contribution in [0.3, 0.4) is 0 Å². The lowest BCUT2D eigenvalue weighted by Crippen LogP contribution is -1.84. The van der Waals surface area contributed by atoms with E-state index in [0.29, 0.717) is 4.67 Å². The molecule has 0 unspecified atom stereocenters. The molecule has 0 aliphatic carbocycles. The Labute approximate surface area is 49.5 Å². The predicted octanol–water partition coefficient (Wildman–Crippen LogP) is 1.70. The second-order valence-electron chi connectivity index (χ2n) is 0.979. The van der Waals surface area contributed by atoms with Crippen LogP contribution < -0.4 is 0 Å². The number of halogens is 1. The average Bonchev–Trinajstić information content (AvgIpc) is 1.69. The SMILES string of the molecule is BrC1=CC=COO1. The molecule has 1 rings (SSSR count). The van der Waals surface area contributed by atoms with Gasteiger partial charge in [0.05, 0.1) is 0 Å². The van der Waals surface area contributed by atoms with Gasteiger partial charge in [-0.05, 0) is 28.1 Å². The zero-order valence-electron chi connectivity index (χ0n) is 3.43. The molecule has 1 aliphatic heterocycles. The molecule has 0 atom stereocenters. The Morgan fingerprint density at radius 3 is 2.71 bits per heavy atom. The Morgan fingerprint density at radius 2 is 2.43 bits per heavy atom. The Balaban J connectivity index is 2.57. The van der Waals surface area contributed by atoms with Crippen molar-refractivity contribution in [1.82, 2.24) is 0 Å².